The van der Waals surface area contributed by atoms with Gasteiger partial charge in [-0.25, -0.2) is 0 Å². The third-order valence-electron chi connectivity index (χ3n) is 1.59. The fourth-order valence-electron chi connectivity index (χ4n) is 0.783. The quantitative estimate of drug-likeness (QED) is 0.693. The normalized spacial score (nSPS) is 16.4. The van der Waals surface area contributed by atoms with Gasteiger partial charge in [-0.15, -0.1) is 0 Å². The van der Waals surface area contributed by atoms with Crippen LogP contribution in [0.15, 0.2) is 16.7 Å². The molecule has 0 bridgehead atoms. The van der Waals surface area contributed by atoms with Crippen molar-refractivity contribution in [2.75, 3.05) is 6.61 Å². The molecule has 0 unspecified atom stereocenters. The van der Waals surface area contributed by atoms with E-state index < -0.39 is 5.54 Å². The third kappa shape index (κ3) is 1.83. The molecule has 1 rings (SSSR count). The van der Waals surface area contributed by atoms with Crippen LogP contribution in [0.2, 0.25) is 0 Å². The van der Waals surface area contributed by atoms with Crippen LogP contribution in [0.3, 0.4) is 0 Å². The van der Waals surface area contributed by atoms with Crippen molar-refractivity contribution >= 4 is 15.9 Å². The van der Waals surface area contributed by atoms with Gasteiger partial charge in [0.2, 0.25) is 0 Å². The number of aliphatic hydroxyl groups excluding tert-OH is 1. The summed E-state index contributed by atoms with van der Waals surface area (Å²) in [7, 11) is 0. The summed E-state index contributed by atoms with van der Waals surface area (Å²) in [6, 6.07) is 1.86. The molecule has 0 aliphatic carbocycles. The number of halogens is 1. The van der Waals surface area contributed by atoms with Crippen LogP contribution in [0.1, 0.15) is 12.6 Å². The number of hydrogen-bond acceptors (Lipinski definition) is 2. The lowest BCUT2D eigenvalue weighted by atomic mass is 10.0. The SMILES string of the molecule is C[C@](N)(CO)c1cc(Br)c[nH]1. The Morgan fingerprint density at radius 2 is 2.45 bits per heavy atom. The standard InChI is InChI=1S/C7H11BrN2O/c1-7(9,4-11)6-2-5(8)3-10-6/h2-3,10-11H,4,9H2,1H3/t7-/m0/s1. The molecule has 1 heterocycles. The van der Waals surface area contributed by atoms with E-state index in [0.29, 0.717) is 0 Å². The second-order valence-electron chi connectivity index (χ2n) is 2.81. The first-order valence-electron chi connectivity index (χ1n) is 3.30. The van der Waals surface area contributed by atoms with Crippen molar-refractivity contribution < 1.29 is 5.11 Å². The van der Waals surface area contributed by atoms with Crippen LogP contribution < -0.4 is 5.73 Å². The van der Waals surface area contributed by atoms with E-state index in [1.807, 2.05) is 6.07 Å². The van der Waals surface area contributed by atoms with Gasteiger partial charge in [-0.1, -0.05) is 0 Å². The molecule has 0 spiro atoms. The monoisotopic (exact) mass is 218 g/mol. The van der Waals surface area contributed by atoms with Gasteiger partial charge >= 0.3 is 0 Å². The smallest absolute Gasteiger partial charge is 0.0767 e. The van der Waals surface area contributed by atoms with Crippen molar-refractivity contribution in [1.82, 2.24) is 4.98 Å². The van der Waals surface area contributed by atoms with Crippen LogP contribution in [-0.2, 0) is 5.54 Å². The Hall–Kier alpha value is -0.320. The van der Waals surface area contributed by atoms with Gasteiger partial charge in [-0.05, 0) is 28.9 Å². The molecule has 0 radical (unpaired) electrons. The van der Waals surface area contributed by atoms with Crippen LogP contribution in [-0.4, -0.2) is 16.7 Å². The van der Waals surface area contributed by atoms with E-state index in [4.69, 9.17) is 10.8 Å². The minimum Gasteiger partial charge on any atom is -0.394 e. The fraction of sp³-hybridized carbons (Fsp3) is 0.429. The van der Waals surface area contributed by atoms with Crippen LogP contribution in [0.25, 0.3) is 0 Å². The zero-order chi connectivity index (χ0) is 8.48. The number of hydrogen-bond donors (Lipinski definition) is 3. The summed E-state index contributed by atoms with van der Waals surface area (Å²) in [6.45, 7) is 1.70. The average Bonchev–Trinajstić information content (AvgIpc) is 2.36. The van der Waals surface area contributed by atoms with Gasteiger partial charge in [0.05, 0.1) is 12.1 Å². The lowest BCUT2D eigenvalue weighted by Crippen LogP contribution is -2.37. The van der Waals surface area contributed by atoms with Crippen LogP contribution in [0.5, 0.6) is 0 Å². The highest BCUT2D eigenvalue weighted by molar-refractivity contribution is 9.10. The molecular formula is C7H11BrN2O. The summed E-state index contributed by atoms with van der Waals surface area (Å²) in [5.74, 6) is 0. The summed E-state index contributed by atoms with van der Waals surface area (Å²) >= 11 is 3.29. The van der Waals surface area contributed by atoms with Crippen LogP contribution >= 0.6 is 15.9 Å². The van der Waals surface area contributed by atoms with Crippen molar-refractivity contribution in [2.24, 2.45) is 5.73 Å². The maximum Gasteiger partial charge on any atom is 0.0767 e. The summed E-state index contributed by atoms with van der Waals surface area (Å²) in [5.41, 5.74) is 5.90. The van der Waals surface area contributed by atoms with E-state index in [2.05, 4.69) is 20.9 Å². The number of nitrogens with one attached hydrogen (secondary N) is 1. The van der Waals surface area contributed by atoms with Crippen molar-refractivity contribution in [3.8, 4) is 0 Å². The molecular weight excluding hydrogens is 208 g/mol. The van der Waals surface area contributed by atoms with Gasteiger partial charge in [0.1, 0.15) is 0 Å². The van der Waals surface area contributed by atoms with Crippen molar-refractivity contribution in [2.45, 2.75) is 12.5 Å². The second kappa shape index (κ2) is 2.97. The Labute approximate surface area is 73.7 Å². The summed E-state index contributed by atoms with van der Waals surface area (Å²) in [5, 5.41) is 8.90. The summed E-state index contributed by atoms with van der Waals surface area (Å²) in [6.07, 6.45) is 1.79. The maximum absolute atomic E-state index is 8.90. The van der Waals surface area contributed by atoms with Crippen LogP contribution in [0.4, 0.5) is 0 Å². The first kappa shape index (κ1) is 8.77. The number of aliphatic hydroxyl groups is 1. The van der Waals surface area contributed by atoms with E-state index in [0.717, 1.165) is 10.2 Å². The summed E-state index contributed by atoms with van der Waals surface area (Å²) < 4.78 is 0.942. The first-order valence-corrected chi connectivity index (χ1v) is 4.10. The predicted molar refractivity (Wildman–Crippen MR) is 47.1 cm³/mol. The molecule has 0 saturated heterocycles. The Morgan fingerprint density at radius 3 is 2.82 bits per heavy atom. The molecule has 0 fully saturated rings. The molecule has 11 heavy (non-hydrogen) atoms. The zero-order valence-electron chi connectivity index (χ0n) is 6.26. The minimum absolute atomic E-state index is 0.0695. The van der Waals surface area contributed by atoms with E-state index >= 15 is 0 Å². The molecule has 1 aromatic rings. The zero-order valence-corrected chi connectivity index (χ0v) is 7.85. The highest BCUT2D eigenvalue weighted by Gasteiger charge is 2.21. The van der Waals surface area contributed by atoms with Crippen molar-refractivity contribution in [1.29, 1.82) is 0 Å². The average molecular weight is 219 g/mol. The van der Waals surface area contributed by atoms with E-state index in [1.165, 1.54) is 0 Å². The summed E-state index contributed by atoms with van der Waals surface area (Å²) in [4.78, 5) is 2.96. The number of rotatable bonds is 2. The van der Waals surface area contributed by atoms with Gasteiger partial charge in [0.25, 0.3) is 0 Å². The molecule has 1 atom stereocenters. The molecule has 3 nitrogen and oxygen atoms in total. The van der Waals surface area contributed by atoms with Crippen molar-refractivity contribution in [3.63, 3.8) is 0 Å². The highest BCUT2D eigenvalue weighted by Crippen LogP contribution is 2.19. The molecule has 0 amide bonds. The van der Waals surface area contributed by atoms with E-state index in [-0.39, 0.29) is 6.61 Å². The molecule has 4 N–H and O–H groups in total. The first-order chi connectivity index (χ1) is 5.06. The molecule has 0 saturated carbocycles. The Morgan fingerprint density at radius 1 is 1.82 bits per heavy atom. The topological polar surface area (TPSA) is 62.0 Å². The van der Waals surface area contributed by atoms with Gasteiger partial charge in [0.15, 0.2) is 0 Å². The molecule has 62 valence electrons. The molecule has 1 aromatic heterocycles. The van der Waals surface area contributed by atoms with E-state index in [1.54, 1.807) is 13.1 Å². The number of aromatic amines is 1. The predicted octanol–water partition coefficient (Wildman–Crippen LogP) is 0.943. The number of aromatic nitrogens is 1. The van der Waals surface area contributed by atoms with Crippen LogP contribution in [0, 0.1) is 0 Å². The maximum atomic E-state index is 8.90. The molecule has 4 heteroatoms. The van der Waals surface area contributed by atoms with Gasteiger partial charge in [0, 0.05) is 16.4 Å². The molecule has 0 aromatic carbocycles. The second-order valence-corrected chi connectivity index (χ2v) is 3.72. The highest BCUT2D eigenvalue weighted by atomic mass is 79.9. The van der Waals surface area contributed by atoms with Gasteiger partial charge in [-0.2, -0.15) is 0 Å². The third-order valence-corrected chi connectivity index (χ3v) is 2.05. The Balaban J connectivity index is 2.92. The molecule has 0 aliphatic heterocycles. The fourth-order valence-corrected chi connectivity index (χ4v) is 1.13. The Kier molecular flexibility index (Phi) is 2.37. The lowest BCUT2D eigenvalue weighted by Gasteiger charge is -2.19. The largest absolute Gasteiger partial charge is 0.394 e. The Bertz CT molecular complexity index is 244. The number of H-pyrrole nitrogens is 1. The number of nitrogens with two attached hydrogens (primary N) is 1. The van der Waals surface area contributed by atoms with E-state index in [9.17, 15) is 0 Å². The minimum atomic E-state index is -0.675. The van der Waals surface area contributed by atoms with Crippen molar-refractivity contribution in [3.05, 3.63) is 22.4 Å². The van der Waals surface area contributed by atoms with Gasteiger partial charge in [-0.3, -0.25) is 0 Å². The van der Waals surface area contributed by atoms with Gasteiger partial charge < -0.3 is 15.8 Å². The lowest BCUT2D eigenvalue weighted by molar-refractivity contribution is 0.207. The molecule has 0 aliphatic rings.